The van der Waals surface area contributed by atoms with E-state index in [2.05, 4.69) is 93.1 Å². The molecule has 1 heterocycles. The SMILES string of the molecule is Cc1ccc(-c2ccccc2)n1-c1ccc(C(=O)N/N=C/c2ccc(OCc3ccc(I)cc3)cc2)cc1. The molecule has 6 heteroatoms. The molecular formula is C32H26IN3O2. The zero-order valence-corrected chi connectivity index (χ0v) is 23.0. The second-order valence-corrected chi connectivity index (χ2v) is 10.0. The number of benzene rings is 4. The van der Waals surface area contributed by atoms with Crippen molar-refractivity contribution >= 4 is 34.7 Å². The lowest BCUT2D eigenvalue weighted by Gasteiger charge is -2.12. The van der Waals surface area contributed by atoms with Gasteiger partial charge < -0.3 is 9.30 Å². The fourth-order valence-corrected chi connectivity index (χ4v) is 4.46. The third kappa shape index (κ3) is 6.20. The Labute approximate surface area is 235 Å². The van der Waals surface area contributed by atoms with Gasteiger partial charge in [0.25, 0.3) is 5.91 Å². The first-order chi connectivity index (χ1) is 18.6. The zero-order valence-electron chi connectivity index (χ0n) is 20.8. The van der Waals surface area contributed by atoms with Gasteiger partial charge in [-0.15, -0.1) is 0 Å². The van der Waals surface area contributed by atoms with E-state index in [0.717, 1.165) is 39.5 Å². The average Bonchev–Trinajstić information content (AvgIpc) is 3.35. The highest BCUT2D eigenvalue weighted by Crippen LogP contribution is 2.26. The number of hydrogen-bond donors (Lipinski definition) is 1. The predicted octanol–water partition coefficient (Wildman–Crippen LogP) is 7.40. The molecule has 0 saturated heterocycles. The standard InChI is InChI=1S/C32H26IN3O2/c1-23-7-20-31(26-5-3-2-4-6-26)36(23)29-16-12-27(13-17-29)32(37)35-34-21-24-10-18-30(19-11-24)38-22-25-8-14-28(33)15-9-25/h2-21H,22H2,1H3,(H,35,37)/b34-21+. The van der Waals surface area contributed by atoms with E-state index in [0.29, 0.717) is 12.2 Å². The number of ether oxygens (including phenoxy) is 1. The van der Waals surface area contributed by atoms with E-state index in [4.69, 9.17) is 4.74 Å². The van der Waals surface area contributed by atoms with Crippen LogP contribution in [0.3, 0.4) is 0 Å². The highest BCUT2D eigenvalue weighted by molar-refractivity contribution is 14.1. The Hall–Kier alpha value is -4.17. The Morgan fingerprint density at radius 2 is 1.58 bits per heavy atom. The Bertz CT molecular complexity index is 1540. The maximum atomic E-state index is 12.6. The number of carbonyl (C=O) groups excluding carboxylic acids is 1. The Balaban J connectivity index is 1.18. The lowest BCUT2D eigenvalue weighted by atomic mass is 10.1. The van der Waals surface area contributed by atoms with Crippen LogP contribution in [0.2, 0.25) is 0 Å². The number of hydrazone groups is 1. The van der Waals surface area contributed by atoms with Crippen molar-refractivity contribution in [3.8, 4) is 22.7 Å². The number of nitrogens with one attached hydrogen (secondary N) is 1. The number of hydrogen-bond acceptors (Lipinski definition) is 3. The Morgan fingerprint density at radius 1 is 0.868 bits per heavy atom. The molecule has 0 unspecified atom stereocenters. The van der Waals surface area contributed by atoms with Crippen molar-refractivity contribution in [3.05, 3.63) is 141 Å². The molecule has 0 aliphatic carbocycles. The molecule has 0 aliphatic heterocycles. The second-order valence-electron chi connectivity index (χ2n) is 8.79. The van der Waals surface area contributed by atoms with Gasteiger partial charge >= 0.3 is 0 Å². The van der Waals surface area contributed by atoms with Crippen molar-refractivity contribution in [2.24, 2.45) is 5.10 Å². The quantitative estimate of drug-likeness (QED) is 0.113. The van der Waals surface area contributed by atoms with Crippen molar-refractivity contribution in [3.63, 3.8) is 0 Å². The highest BCUT2D eigenvalue weighted by atomic mass is 127. The summed E-state index contributed by atoms with van der Waals surface area (Å²) in [5, 5.41) is 4.12. The molecule has 0 fully saturated rings. The van der Waals surface area contributed by atoms with E-state index >= 15 is 0 Å². The third-order valence-corrected chi connectivity index (χ3v) is 6.83. The first kappa shape index (κ1) is 25.5. The van der Waals surface area contributed by atoms with E-state index in [9.17, 15) is 4.79 Å². The van der Waals surface area contributed by atoms with Crippen molar-refractivity contribution in [1.29, 1.82) is 0 Å². The summed E-state index contributed by atoms with van der Waals surface area (Å²) in [5.41, 5.74) is 9.49. The summed E-state index contributed by atoms with van der Waals surface area (Å²) in [6.07, 6.45) is 1.62. The largest absolute Gasteiger partial charge is 0.489 e. The smallest absolute Gasteiger partial charge is 0.271 e. The zero-order chi connectivity index (χ0) is 26.3. The lowest BCUT2D eigenvalue weighted by Crippen LogP contribution is -2.17. The summed E-state index contributed by atoms with van der Waals surface area (Å²) in [6.45, 7) is 2.58. The minimum absolute atomic E-state index is 0.266. The Kier molecular flexibility index (Phi) is 7.99. The van der Waals surface area contributed by atoms with Gasteiger partial charge in [0.05, 0.1) is 11.9 Å². The van der Waals surface area contributed by atoms with Gasteiger partial charge in [-0.05, 0) is 119 Å². The lowest BCUT2D eigenvalue weighted by molar-refractivity contribution is 0.0955. The fourth-order valence-electron chi connectivity index (χ4n) is 4.10. The van der Waals surface area contributed by atoms with E-state index in [1.165, 1.54) is 3.57 Å². The second kappa shape index (κ2) is 11.9. The van der Waals surface area contributed by atoms with Crippen LogP contribution in [0.4, 0.5) is 0 Å². The van der Waals surface area contributed by atoms with Crippen molar-refractivity contribution in [2.75, 3.05) is 0 Å². The first-order valence-corrected chi connectivity index (χ1v) is 13.3. The molecule has 0 saturated carbocycles. The molecule has 5 rings (SSSR count). The number of carbonyl (C=O) groups is 1. The molecule has 0 atom stereocenters. The average molecular weight is 611 g/mol. The van der Waals surface area contributed by atoms with E-state index in [1.807, 2.05) is 66.7 Å². The molecule has 0 spiro atoms. The summed E-state index contributed by atoms with van der Waals surface area (Å²) in [7, 11) is 0. The summed E-state index contributed by atoms with van der Waals surface area (Å²) in [4.78, 5) is 12.6. The molecular weight excluding hydrogens is 585 g/mol. The molecule has 1 aromatic heterocycles. The van der Waals surface area contributed by atoms with Crippen LogP contribution in [-0.4, -0.2) is 16.7 Å². The maximum Gasteiger partial charge on any atom is 0.271 e. The van der Waals surface area contributed by atoms with Crippen LogP contribution in [0, 0.1) is 10.5 Å². The number of rotatable bonds is 8. The maximum absolute atomic E-state index is 12.6. The van der Waals surface area contributed by atoms with Gasteiger partial charge in [-0.25, -0.2) is 5.43 Å². The molecule has 0 radical (unpaired) electrons. The van der Waals surface area contributed by atoms with Crippen molar-refractivity contribution in [2.45, 2.75) is 13.5 Å². The van der Waals surface area contributed by atoms with Gasteiger partial charge in [0, 0.05) is 20.5 Å². The normalized spacial score (nSPS) is 11.0. The van der Waals surface area contributed by atoms with E-state index < -0.39 is 0 Å². The van der Waals surface area contributed by atoms with Crippen molar-refractivity contribution in [1.82, 2.24) is 9.99 Å². The number of nitrogens with zero attached hydrogens (tertiary/aromatic N) is 2. The van der Waals surface area contributed by atoms with Gasteiger partial charge in [0.2, 0.25) is 0 Å². The topological polar surface area (TPSA) is 55.6 Å². The summed E-state index contributed by atoms with van der Waals surface area (Å²) < 4.78 is 9.23. The van der Waals surface area contributed by atoms with Crippen molar-refractivity contribution < 1.29 is 9.53 Å². The van der Waals surface area contributed by atoms with Gasteiger partial charge in [0.15, 0.2) is 0 Å². The summed E-state index contributed by atoms with van der Waals surface area (Å²) in [5.74, 6) is 0.510. The molecule has 188 valence electrons. The molecule has 0 aliphatic rings. The molecule has 38 heavy (non-hydrogen) atoms. The molecule has 1 N–H and O–H groups in total. The number of aromatic nitrogens is 1. The van der Waals surface area contributed by atoms with Crippen LogP contribution < -0.4 is 10.2 Å². The van der Waals surface area contributed by atoms with E-state index in [1.54, 1.807) is 6.21 Å². The van der Waals surface area contributed by atoms with Gasteiger partial charge in [-0.2, -0.15) is 5.10 Å². The third-order valence-electron chi connectivity index (χ3n) is 6.11. The molecule has 1 amide bonds. The monoisotopic (exact) mass is 611 g/mol. The Morgan fingerprint density at radius 3 is 2.29 bits per heavy atom. The van der Waals surface area contributed by atoms with Crippen LogP contribution in [0.1, 0.15) is 27.2 Å². The van der Waals surface area contributed by atoms with Gasteiger partial charge in [-0.1, -0.05) is 42.5 Å². The minimum atomic E-state index is -0.266. The van der Waals surface area contributed by atoms with Crippen LogP contribution in [0.25, 0.3) is 16.9 Å². The first-order valence-electron chi connectivity index (χ1n) is 12.2. The minimum Gasteiger partial charge on any atom is -0.489 e. The van der Waals surface area contributed by atoms with Gasteiger partial charge in [0.1, 0.15) is 12.4 Å². The molecule has 5 nitrogen and oxygen atoms in total. The van der Waals surface area contributed by atoms with Crippen LogP contribution in [0.15, 0.2) is 120 Å². The van der Waals surface area contributed by atoms with E-state index in [-0.39, 0.29) is 5.91 Å². The number of amides is 1. The van der Waals surface area contributed by atoms with Gasteiger partial charge in [-0.3, -0.25) is 4.79 Å². The molecule has 4 aromatic carbocycles. The predicted molar refractivity (Wildman–Crippen MR) is 161 cm³/mol. The van der Waals surface area contributed by atoms with Crippen LogP contribution in [0.5, 0.6) is 5.75 Å². The van der Waals surface area contributed by atoms with Crippen LogP contribution in [-0.2, 0) is 6.61 Å². The fraction of sp³-hybridized carbons (Fsp3) is 0.0625. The molecule has 5 aromatic rings. The number of halogens is 1. The summed E-state index contributed by atoms with van der Waals surface area (Å²) >= 11 is 2.28. The van der Waals surface area contributed by atoms with Crippen LogP contribution >= 0.6 is 22.6 Å². The molecule has 0 bridgehead atoms. The summed E-state index contributed by atoms with van der Waals surface area (Å²) in [6, 6.07) is 37.8. The highest BCUT2D eigenvalue weighted by Gasteiger charge is 2.11. The number of aryl methyl sites for hydroxylation is 1.